The number of carbonyl (C=O) groups excluding carboxylic acids is 1. The van der Waals surface area contributed by atoms with E-state index in [-0.39, 0.29) is 22.8 Å². The van der Waals surface area contributed by atoms with E-state index in [0.717, 1.165) is 49.4 Å². The highest BCUT2D eigenvalue weighted by atomic mass is 16.2. The standard InChI is InChI=1S/C18H28N4O2/c1-18(2,3)17(24)22-8-5-6-12(10-22)15-19-14-7-9-21(4)11-13(14)16(23)20-15/h12H,5-11H2,1-4H3,(H,19,20,23)/t12-/m1/s1. The molecule has 1 N–H and O–H groups in total. The van der Waals surface area contributed by atoms with Crippen LogP contribution in [0.5, 0.6) is 0 Å². The summed E-state index contributed by atoms with van der Waals surface area (Å²) in [5.41, 5.74) is 1.35. The first-order valence-electron chi connectivity index (χ1n) is 8.85. The molecular formula is C18H28N4O2. The molecule has 2 aliphatic heterocycles. The minimum absolute atomic E-state index is 0.0131. The average Bonchev–Trinajstić information content (AvgIpc) is 2.54. The summed E-state index contributed by atoms with van der Waals surface area (Å²) in [5, 5.41) is 0. The Morgan fingerprint density at radius 1 is 1.29 bits per heavy atom. The number of carbonyl (C=O) groups is 1. The van der Waals surface area contributed by atoms with Crippen LogP contribution in [0.1, 0.15) is 56.6 Å². The van der Waals surface area contributed by atoms with Crippen LogP contribution in [0.15, 0.2) is 4.79 Å². The van der Waals surface area contributed by atoms with E-state index >= 15 is 0 Å². The van der Waals surface area contributed by atoms with Gasteiger partial charge in [-0.15, -0.1) is 0 Å². The minimum atomic E-state index is -0.372. The van der Waals surface area contributed by atoms with Crippen molar-refractivity contribution in [3.63, 3.8) is 0 Å². The quantitative estimate of drug-likeness (QED) is 0.846. The molecule has 0 spiro atoms. The molecule has 0 aromatic carbocycles. The van der Waals surface area contributed by atoms with Crippen molar-refractivity contribution in [2.24, 2.45) is 5.41 Å². The molecule has 3 rings (SSSR count). The van der Waals surface area contributed by atoms with Crippen molar-refractivity contribution in [3.8, 4) is 0 Å². The number of hydrogen-bond acceptors (Lipinski definition) is 4. The first-order valence-corrected chi connectivity index (χ1v) is 8.85. The van der Waals surface area contributed by atoms with Gasteiger partial charge in [0.2, 0.25) is 5.91 Å². The van der Waals surface area contributed by atoms with Gasteiger partial charge in [0.15, 0.2) is 0 Å². The highest BCUT2D eigenvalue weighted by molar-refractivity contribution is 5.81. The van der Waals surface area contributed by atoms with Crippen LogP contribution < -0.4 is 5.56 Å². The molecule has 0 saturated carbocycles. The summed E-state index contributed by atoms with van der Waals surface area (Å²) in [6, 6.07) is 0. The summed E-state index contributed by atoms with van der Waals surface area (Å²) < 4.78 is 0. The van der Waals surface area contributed by atoms with E-state index in [9.17, 15) is 9.59 Å². The van der Waals surface area contributed by atoms with Gasteiger partial charge in [-0.3, -0.25) is 9.59 Å². The van der Waals surface area contributed by atoms with Gasteiger partial charge in [-0.1, -0.05) is 20.8 Å². The number of aromatic amines is 1. The van der Waals surface area contributed by atoms with Gasteiger partial charge in [0, 0.05) is 43.9 Å². The average molecular weight is 332 g/mol. The van der Waals surface area contributed by atoms with Crippen LogP contribution in [-0.4, -0.2) is 52.4 Å². The zero-order chi connectivity index (χ0) is 17.5. The molecule has 1 amide bonds. The van der Waals surface area contributed by atoms with Crippen molar-refractivity contribution < 1.29 is 4.79 Å². The summed E-state index contributed by atoms with van der Waals surface area (Å²) in [4.78, 5) is 36.8. The van der Waals surface area contributed by atoms with Crippen LogP contribution in [0.2, 0.25) is 0 Å². The maximum absolute atomic E-state index is 12.6. The molecule has 0 aliphatic carbocycles. The first kappa shape index (κ1) is 17.1. The van der Waals surface area contributed by atoms with Crippen molar-refractivity contribution in [2.75, 3.05) is 26.7 Å². The highest BCUT2D eigenvalue weighted by Gasteiger charge is 2.32. The Hall–Kier alpha value is -1.69. The molecule has 24 heavy (non-hydrogen) atoms. The Labute approximate surface area is 143 Å². The lowest BCUT2D eigenvalue weighted by Gasteiger charge is -2.36. The fourth-order valence-corrected chi connectivity index (χ4v) is 3.63. The number of aromatic nitrogens is 2. The molecule has 0 bridgehead atoms. The Kier molecular flexibility index (Phi) is 4.51. The van der Waals surface area contributed by atoms with Crippen LogP contribution >= 0.6 is 0 Å². The zero-order valence-electron chi connectivity index (χ0n) is 15.2. The molecule has 0 unspecified atom stereocenters. The molecule has 1 fully saturated rings. The van der Waals surface area contributed by atoms with Crippen LogP contribution in [0.25, 0.3) is 0 Å². The van der Waals surface area contributed by atoms with E-state index in [1.54, 1.807) is 0 Å². The summed E-state index contributed by atoms with van der Waals surface area (Å²) in [5.74, 6) is 1.06. The Balaban J connectivity index is 1.83. The molecule has 1 aromatic rings. The summed E-state index contributed by atoms with van der Waals surface area (Å²) in [7, 11) is 2.02. The second kappa shape index (κ2) is 6.31. The largest absolute Gasteiger partial charge is 0.342 e. The highest BCUT2D eigenvalue weighted by Crippen LogP contribution is 2.28. The number of likely N-dealkylation sites (tertiary alicyclic amines) is 1. The molecule has 132 valence electrons. The Morgan fingerprint density at radius 2 is 2.04 bits per heavy atom. The van der Waals surface area contributed by atoms with Gasteiger partial charge < -0.3 is 14.8 Å². The van der Waals surface area contributed by atoms with E-state index < -0.39 is 0 Å². The molecule has 6 nitrogen and oxygen atoms in total. The Bertz CT molecular complexity index is 689. The van der Waals surface area contributed by atoms with Gasteiger partial charge in [0.05, 0.1) is 11.3 Å². The zero-order valence-corrected chi connectivity index (χ0v) is 15.2. The van der Waals surface area contributed by atoms with Crippen molar-refractivity contribution >= 4 is 5.91 Å². The molecule has 3 heterocycles. The number of rotatable bonds is 1. The number of H-pyrrole nitrogens is 1. The second-order valence-corrected chi connectivity index (χ2v) is 8.20. The Morgan fingerprint density at radius 3 is 2.75 bits per heavy atom. The molecule has 1 atom stereocenters. The van der Waals surface area contributed by atoms with Gasteiger partial charge in [-0.05, 0) is 19.9 Å². The maximum Gasteiger partial charge on any atom is 0.255 e. The molecule has 0 radical (unpaired) electrons. The van der Waals surface area contributed by atoms with E-state index in [0.29, 0.717) is 13.1 Å². The molecule has 2 aliphatic rings. The number of likely N-dealkylation sites (N-methyl/N-ethyl adjacent to an activating group) is 1. The molecule has 6 heteroatoms. The number of nitrogens with zero attached hydrogens (tertiary/aromatic N) is 3. The number of hydrogen-bond donors (Lipinski definition) is 1. The van der Waals surface area contributed by atoms with Gasteiger partial charge in [-0.2, -0.15) is 0 Å². The van der Waals surface area contributed by atoms with E-state index in [2.05, 4.69) is 9.88 Å². The van der Waals surface area contributed by atoms with Crippen LogP contribution in [0, 0.1) is 5.41 Å². The van der Waals surface area contributed by atoms with Gasteiger partial charge in [-0.25, -0.2) is 4.98 Å². The summed E-state index contributed by atoms with van der Waals surface area (Å²) >= 11 is 0. The lowest BCUT2D eigenvalue weighted by molar-refractivity contribution is -0.140. The SMILES string of the molecule is CN1CCc2nc([C@@H]3CCCN(C(=O)C(C)(C)C)C3)[nH]c(=O)c2C1. The van der Waals surface area contributed by atoms with Gasteiger partial charge in [0.25, 0.3) is 5.56 Å². The monoisotopic (exact) mass is 332 g/mol. The molecule has 1 saturated heterocycles. The number of piperidine rings is 1. The predicted octanol–water partition coefficient (Wildman–Crippen LogP) is 1.51. The normalized spacial score (nSPS) is 22.3. The van der Waals surface area contributed by atoms with E-state index in [1.807, 2.05) is 32.7 Å². The van der Waals surface area contributed by atoms with Gasteiger partial charge >= 0.3 is 0 Å². The van der Waals surface area contributed by atoms with Crippen molar-refractivity contribution in [3.05, 3.63) is 27.4 Å². The topological polar surface area (TPSA) is 69.3 Å². The maximum atomic E-state index is 12.6. The van der Waals surface area contributed by atoms with Crippen LogP contribution in [0.3, 0.4) is 0 Å². The third-order valence-electron chi connectivity index (χ3n) is 5.01. The minimum Gasteiger partial charge on any atom is -0.342 e. The van der Waals surface area contributed by atoms with E-state index in [1.165, 1.54) is 0 Å². The summed E-state index contributed by atoms with van der Waals surface area (Å²) in [6.45, 7) is 8.90. The second-order valence-electron chi connectivity index (χ2n) is 8.20. The number of nitrogens with one attached hydrogen (secondary N) is 1. The number of fused-ring (bicyclic) bond motifs is 1. The lowest BCUT2D eigenvalue weighted by atomic mass is 9.90. The van der Waals surface area contributed by atoms with Gasteiger partial charge in [0.1, 0.15) is 5.82 Å². The smallest absolute Gasteiger partial charge is 0.255 e. The van der Waals surface area contributed by atoms with Crippen molar-refractivity contribution in [1.29, 1.82) is 0 Å². The third-order valence-corrected chi connectivity index (χ3v) is 5.01. The predicted molar refractivity (Wildman–Crippen MR) is 92.9 cm³/mol. The van der Waals surface area contributed by atoms with E-state index in [4.69, 9.17) is 4.98 Å². The fraction of sp³-hybridized carbons (Fsp3) is 0.722. The molecule has 1 aromatic heterocycles. The third kappa shape index (κ3) is 3.38. The lowest BCUT2D eigenvalue weighted by Crippen LogP contribution is -2.45. The van der Waals surface area contributed by atoms with Crippen molar-refractivity contribution in [2.45, 2.75) is 52.5 Å². The summed E-state index contributed by atoms with van der Waals surface area (Å²) in [6.07, 6.45) is 2.74. The van der Waals surface area contributed by atoms with Crippen LogP contribution in [-0.2, 0) is 17.8 Å². The molecular weight excluding hydrogens is 304 g/mol. The van der Waals surface area contributed by atoms with Crippen LogP contribution in [0.4, 0.5) is 0 Å². The fourth-order valence-electron chi connectivity index (χ4n) is 3.63. The van der Waals surface area contributed by atoms with Crippen molar-refractivity contribution in [1.82, 2.24) is 19.8 Å². The number of amides is 1. The first-order chi connectivity index (χ1) is 11.3.